The average Bonchev–Trinajstić information content (AvgIpc) is 3.16. The summed E-state index contributed by atoms with van der Waals surface area (Å²) in [6.07, 6.45) is 2.00. The molecule has 0 atom stereocenters. The number of unbranched alkanes of at least 4 members (excludes halogenated alkanes) is 1. The first-order chi connectivity index (χ1) is 13.2. The molecule has 0 saturated heterocycles. The summed E-state index contributed by atoms with van der Waals surface area (Å²) in [5.41, 5.74) is 2.36. The van der Waals surface area contributed by atoms with E-state index in [2.05, 4.69) is 34.7 Å². The molecule has 27 heavy (non-hydrogen) atoms. The van der Waals surface area contributed by atoms with Gasteiger partial charge in [0.15, 0.2) is 17.5 Å². The number of nitrogens with one attached hydrogen (secondary N) is 2. The number of ether oxygens (including phenoxy) is 3. The van der Waals surface area contributed by atoms with Crippen LogP contribution in [0.25, 0.3) is 0 Å². The summed E-state index contributed by atoms with van der Waals surface area (Å²) in [5, 5.41) is 6.64. The van der Waals surface area contributed by atoms with Gasteiger partial charge < -0.3 is 24.8 Å². The molecule has 1 aliphatic rings. The molecule has 0 aliphatic carbocycles. The molecule has 6 heteroatoms. The summed E-state index contributed by atoms with van der Waals surface area (Å²) in [5.74, 6) is 3.31. The summed E-state index contributed by atoms with van der Waals surface area (Å²) in [6.45, 7) is 4.60. The molecule has 2 aromatic carbocycles. The van der Waals surface area contributed by atoms with Gasteiger partial charge in [-0.3, -0.25) is 4.99 Å². The number of nitrogens with zero attached hydrogens (tertiary/aromatic N) is 1. The van der Waals surface area contributed by atoms with Gasteiger partial charge in [0, 0.05) is 20.1 Å². The van der Waals surface area contributed by atoms with Crippen LogP contribution in [0, 0.1) is 6.92 Å². The maximum Gasteiger partial charge on any atom is 0.231 e. The van der Waals surface area contributed by atoms with Crippen LogP contribution in [0.4, 0.5) is 0 Å². The molecule has 1 aliphatic heterocycles. The van der Waals surface area contributed by atoms with Crippen LogP contribution < -0.4 is 24.8 Å². The minimum absolute atomic E-state index is 0.295. The van der Waals surface area contributed by atoms with Gasteiger partial charge in [0.1, 0.15) is 5.75 Å². The molecule has 144 valence electrons. The van der Waals surface area contributed by atoms with Crippen molar-refractivity contribution in [3.63, 3.8) is 0 Å². The molecule has 0 bridgehead atoms. The molecular formula is C21H27N3O3. The van der Waals surface area contributed by atoms with E-state index in [0.29, 0.717) is 19.9 Å². The molecule has 1 heterocycles. The molecule has 0 radical (unpaired) electrons. The molecular weight excluding hydrogens is 342 g/mol. The molecule has 0 unspecified atom stereocenters. The van der Waals surface area contributed by atoms with E-state index in [4.69, 9.17) is 14.2 Å². The molecule has 6 nitrogen and oxygen atoms in total. The molecule has 0 spiro atoms. The minimum Gasteiger partial charge on any atom is -0.494 e. The van der Waals surface area contributed by atoms with Crippen molar-refractivity contribution in [3.05, 3.63) is 53.6 Å². The van der Waals surface area contributed by atoms with Gasteiger partial charge in [0.2, 0.25) is 6.79 Å². The Morgan fingerprint density at radius 2 is 1.85 bits per heavy atom. The van der Waals surface area contributed by atoms with E-state index in [1.807, 2.05) is 30.3 Å². The van der Waals surface area contributed by atoms with Crippen molar-refractivity contribution in [3.8, 4) is 17.2 Å². The van der Waals surface area contributed by atoms with E-state index in [9.17, 15) is 0 Å². The summed E-state index contributed by atoms with van der Waals surface area (Å²) in [7, 11) is 1.77. The first-order valence-electron chi connectivity index (χ1n) is 9.27. The Balaban J connectivity index is 1.30. The van der Waals surface area contributed by atoms with Gasteiger partial charge in [-0.15, -0.1) is 0 Å². The topological polar surface area (TPSA) is 64.1 Å². The van der Waals surface area contributed by atoms with Crippen LogP contribution in [-0.4, -0.2) is 33.0 Å². The van der Waals surface area contributed by atoms with E-state index in [1.165, 1.54) is 5.56 Å². The molecule has 0 aromatic heterocycles. The Bertz CT molecular complexity index is 760. The average molecular weight is 369 g/mol. The fraction of sp³-hybridized carbons (Fsp3) is 0.381. The quantitative estimate of drug-likeness (QED) is 0.425. The lowest BCUT2D eigenvalue weighted by molar-refractivity contribution is 0.174. The van der Waals surface area contributed by atoms with Gasteiger partial charge >= 0.3 is 0 Å². The first-order valence-corrected chi connectivity index (χ1v) is 9.27. The second-order valence-electron chi connectivity index (χ2n) is 6.41. The second-order valence-corrected chi connectivity index (χ2v) is 6.41. The molecule has 0 saturated carbocycles. The van der Waals surface area contributed by atoms with Crippen LogP contribution in [0.2, 0.25) is 0 Å². The largest absolute Gasteiger partial charge is 0.494 e. The summed E-state index contributed by atoms with van der Waals surface area (Å²) < 4.78 is 16.5. The zero-order valence-corrected chi connectivity index (χ0v) is 16.0. The van der Waals surface area contributed by atoms with Crippen LogP contribution in [0.15, 0.2) is 47.5 Å². The number of aryl methyl sites for hydroxylation is 1. The lowest BCUT2D eigenvalue weighted by Crippen LogP contribution is -2.37. The van der Waals surface area contributed by atoms with Gasteiger partial charge in [-0.2, -0.15) is 0 Å². The third-order valence-corrected chi connectivity index (χ3v) is 4.27. The van der Waals surface area contributed by atoms with Crippen LogP contribution in [-0.2, 0) is 6.54 Å². The van der Waals surface area contributed by atoms with Crippen molar-refractivity contribution >= 4 is 5.96 Å². The number of hydrogen-bond donors (Lipinski definition) is 2. The van der Waals surface area contributed by atoms with E-state index in [-0.39, 0.29) is 0 Å². The summed E-state index contributed by atoms with van der Waals surface area (Å²) >= 11 is 0. The Morgan fingerprint density at radius 3 is 2.67 bits per heavy atom. The first kappa shape index (κ1) is 18.9. The fourth-order valence-corrected chi connectivity index (χ4v) is 2.72. The monoisotopic (exact) mass is 369 g/mol. The van der Waals surface area contributed by atoms with Crippen LogP contribution in [0.3, 0.4) is 0 Å². The van der Waals surface area contributed by atoms with Gasteiger partial charge in [-0.05, 0) is 49.6 Å². The summed E-state index contributed by atoms with van der Waals surface area (Å²) in [6, 6.07) is 14.1. The third-order valence-electron chi connectivity index (χ3n) is 4.27. The lowest BCUT2D eigenvalue weighted by Gasteiger charge is -2.12. The van der Waals surface area contributed by atoms with E-state index in [0.717, 1.165) is 48.2 Å². The predicted molar refractivity (Wildman–Crippen MR) is 107 cm³/mol. The van der Waals surface area contributed by atoms with Crippen molar-refractivity contribution in [2.45, 2.75) is 26.3 Å². The van der Waals surface area contributed by atoms with Gasteiger partial charge in [-0.25, -0.2) is 0 Å². The molecule has 3 rings (SSSR count). The zero-order chi connectivity index (χ0) is 18.9. The van der Waals surface area contributed by atoms with Gasteiger partial charge in [-0.1, -0.05) is 23.8 Å². The Morgan fingerprint density at radius 1 is 1.04 bits per heavy atom. The molecule has 0 fully saturated rings. The lowest BCUT2D eigenvalue weighted by atomic mass is 10.2. The molecule has 2 aromatic rings. The number of aliphatic imine (C=N–C) groups is 1. The second kappa shape index (κ2) is 9.71. The van der Waals surface area contributed by atoms with Crippen molar-refractivity contribution in [2.75, 3.05) is 27.0 Å². The van der Waals surface area contributed by atoms with Crippen molar-refractivity contribution < 1.29 is 14.2 Å². The number of hydrogen-bond acceptors (Lipinski definition) is 4. The maximum atomic E-state index is 5.74. The minimum atomic E-state index is 0.295. The van der Waals surface area contributed by atoms with Crippen LogP contribution in [0.5, 0.6) is 17.2 Å². The number of fused-ring (bicyclic) bond motifs is 1. The number of benzene rings is 2. The normalized spacial score (nSPS) is 12.7. The van der Waals surface area contributed by atoms with Crippen LogP contribution in [0.1, 0.15) is 24.0 Å². The van der Waals surface area contributed by atoms with Gasteiger partial charge in [0.05, 0.1) is 6.61 Å². The van der Waals surface area contributed by atoms with Gasteiger partial charge in [0.25, 0.3) is 0 Å². The smallest absolute Gasteiger partial charge is 0.231 e. The fourth-order valence-electron chi connectivity index (χ4n) is 2.72. The third kappa shape index (κ3) is 5.81. The molecule has 2 N–H and O–H groups in total. The van der Waals surface area contributed by atoms with Crippen molar-refractivity contribution in [2.24, 2.45) is 4.99 Å². The Kier molecular flexibility index (Phi) is 6.79. The highest BCUT2D eigenvalue weighted by Gasteiger charge is 2.13. The standard InChI is InChI=1S/C21H27N3O3/c1-16-5-8-18(9-6-16)25-12-4-3-11-23-21(22-2)24-14-17-7-10-19-20(13-17)27-15-26-19/h5-10,13H,3-4,11-12,14-15H2,1-2H3,(H2,22,23,24). The number of guanidine groups is 1. The van der Waals surface area contributed by atoms with E-state index < -0.39 is 0 Å². The summed E-state index contributed by atoms with van der Waals surface area (Å²) in [4.78, 5) is 4.26. The zero-order valence-electron chi connectivity index (χ0n) is 16.0. The van der Waals surface area contributed by atoms with Crippen molar-refractivity contribution in [1.82, 2.24) is 10.6 Å². The Labute approximate surface area is 160 Å². The highest BCUT2D eigenvalue weighted by molar-refractivity contribution is 5.79. The van der Waals surface area contributed by atoms with E-state index in [1.54, 1.807) is 7.05 Å². The highest BCUT2D eigenvalue weighted by Crippen LogP contribution is 2.32. The number of rotatable bonds is 8. The van der Waals surface area contributed by atoms with E-state index >= 15 is 0 Å². The molecule has 0 amide bonds. The maximum absolute atomic E-state index is 5.74. The highest BCUT2D eigenvalue weighted by atomic mass is 16.7. The Hall–Kier alpha value is -2.89. The van der Waals surface area contributed by atoms with Crippen LogP contribution >= 0.6 is 0 Å². The SMILES string of the molecule is CN=C(NCCCCOc1ccc(C)cc1)NCc1ccc2c(c1)OCO2. The predicted octanol–water partition coefficient (Wildman–Crippen LogP) is 3.25. The van der Waals surface area contributed by atoms with Crippen molar-refractivity contribution in [1.29, 1.82) is 0 Å².